The Hall–Kier alpha value is -5.16. The van der Waals surface area contributed by atoms with Crippen molar-refractivity contribution in [3.63, 3.8) is 0 Å². The maximum Gasteiger partial charge on any atom is 0.326 e. The first-order valence-corrected chi connectivity index (χ1v) is 14.2. The van der Waals surface area contributed by atoms with Gasteiger partial charge in [0, 0.05) is 29.9 Å². The number of carbonyl (C=O) groups excluding carboxylic acids is 3. The lowest BCUT2D eigenvalue weighted by molar-refractivity contribution is -0.142. The van der Waals surface area contributed by atoms with Crippen molar-refractivity contribution in [2.45, 2.75) is 56.8 Å². The number of fused-ring (bicyclic) bond motifs is 1. The third-order valence-corrected chi connectivity index (χ3v) is 7.35. The highest BCUT2D eigenvalue weighted by Crippen LogP contribution is 2.20. The van der Waals surface area contributed by atoms with Crippen LogP contribution in [-0.2, 0) is 38.4 Å². The molecule has 8 N–H and O–H groups in total. The van der Waals surface area contributed by atoms with Gasteiger partial charge in [0.15, 0.2) is 0 Å². The molecule has 3 atom stereocenters. The molecule has 0 aliphatic rings. The second-order valence-corrected chi connectivity index (χ2v) is 11.3. The topological polar surface area (TPSA) is 187 Å². The lowest BCUT2D eigenvalue weighted by Gasteiger charge is -2.29. The minimum Gasteiger partial charge on any atom is -0.508 e. The number of aliphatic carboxylic acids is 1. The minimum atomic E-state index is -1.47. The van der Waals surface area contributed by atoms with Gasteiger partial charge >= 0.3 is 5.97 Å². The van der Waals surface area contributed by atoms with E-state index in [-0.39, 0.29) is 25.0 Å². The lowest BCUT2D eigenvalue weighted by atomic mass is 9.98. The Bertz CT molecular complexity index is 1620. The van der Waals surface area contributed by atoms with Crippen molar-refractivity contribution in [3.8, 4) is 5.75 Å². The summed E-state index contributed by atoms with van der Waals surface area (Å²) in [5.74, 6) is -3.04. The third kappa shape index (κ3) is 8.23. The molecule has 0 spiro atoms. The molecule has 0 fully saturated rings. The van der Waals surface area contributed by atoms with E-state index >= 15 is 0 Å². The second-order valence-electron chi connectivity index (χ2n) is 11.3. The van der Waals surface area contributed by atoms with E-state index in [2.05, 4.69) is 20.9 Å². The average Bonchev–Trinajstić information content (AvgIpc) is 3.40. The summed E-state index contributed by atoms with van der Waals surface area (Å²) in [5, 5.41) is 28.2. The van der Waals surface area contributed by atoms with Crippen LogP contribution in [0.1, 0.15) is 30.5 Å². The van der Waals surface area contributed by atoms with Gasteiger partial charge in [-0.1, -0.05) is 60.7 Å². The molecule has 0 aliphatic carbocycles. The number of hydrogen-bond acceptors (Lipinski definition) is 6. The van der Waals surface area contributed by atoms with Crippen LogP contribution < -0.4 is 21.7 Å². The summed E-state index contributed by atoms with van der Waals surface area (Å²) in [4.78, 5) is 55.3. The summed E-state index contributed by atoms with van der Waals surface area (Å²) in [6, 6.07) is 19.3. The number of phenolic OH excluding ortho intramolecular Hbond substituents is 1. The van der Waals surface area contributed by atoms with Crippen LogP contribution in [0.4, 0.5) is 0 Å². The monoisotopic (exact) mass is 599 g/mol. The molecule has 0 aliphatic heterocycles. The summed E-state index contributed by atoms with van der Waals surface area (Å²) >= 11 is 0. The zero-order valence-corrected chi connectivity index (χ0v) is 24.5. The van der Waals surface area contributed by atoms with Crippen LogP contribution in [-0.4, -0.2) is 62.6 Å². The van der Waals surface area contributed by atoms with Crippen LogP contribution in [0, 0.1) is 0 Å². The number of benzene rings is 3. The number of para-hydroxylation sites is 1. The fourth-order valence-corrected chi connectivity index (χ4v) is 4.83. The predicted molar refractivity (Wildman–Crippen MR) is 166 cm³/mol. The molecule has 3 amide bonds. The van der Waals surface area contributed by atoms with Gasteiger partial charge in [-0.25, -0.2) is 4.79 Å². The Morgan fingerprint density at radius 1 is 0.795 bits per heavy atom. The Kier molecular flexibility index (Phi) is 10.0. The zero-order valence-electron chi connectivity index (χ0n) is 24.5. The molecule has 0 saturated heterocycles. The van der Waals surface area contributed by atoms with Crippen LogP contribution in [0.5, 0.6) is 5.75 Å². The van der Waals surface area contributed by atoms with E-state index in [0.717, 1.165) is 27.6 Å². The number of hydrogen-bond donors (Lipinski definition) is 7. The Labute approximate surface area is 254 Å². The number of phenols is 1. The van der Waals surface area contributed by atoms with E-state index in [1.165, 1.54) is 26.0 Å². The standard InChI is InChI=1S/C33H37N5O6/c1-33(2,38-29(40)25(34)16-21-12-14-23(39)15-13-21)32(44)37-27(18-22-19-35-26-11-7-6-10-24(22)26)30(41)36-28(31(42)43)17-20-8-4-3-5-9-20/h3-15,19,25,27-28,35,39H,16-18,34H2,1-2H3,(H,36,41)(H,37,44)(H,38,40)(H,42,43). The Morgan fingerprint density at radius 3 is 2.11 bits per heavy atom. The molecular weight excluding hydrogens is 562 g/mol. The number of H-pyrrole nitrogens is 1. The van der Waals surface area contributed by atoms with Crippen LogP contribution in [0.15, 0.2) is 85.1 Å². The number of nitrogens with two attached hydrogens (primary N) is 1. The molecule has 11 heteroatoms. The molecule has 4 aromatic rings. The fraction of sp³-hybridized carbons (Fsp3) is 0.273. The molecule has 3 aromatic carbocycles. The van der Waals surface area contributed by atoms with Crippen LogP contribution in [0.3, 0.4) is 0 Å². The molecule has 1 heterocycles. The van der Waals surface area contributed by atoms with Crippen molar-refractivity contribution in [2.75, 3.05) is 0 Å². The van der Waals surface area contributed by atoms with Crippen molar-refractivity contribution in [3.05, 3.63) is 102 Å². The number of carboxylic acid groups (broad SMARTS) is 1. The molecular formula is C33H37N5O6. The zero-order chi connectivity index (χ0) is 31.9. The highest BCUT2D eigenvalue weighted by Gasteiger charge is 2.35. The van der Waals surface area contributed by atoms with Gasteiger partial charge in [0.1, 0.15) is 23.4 Å². The van der Waals surface area contributed by atoms with E-state index in [4.69, 9.17) is 5.73 Å². The second kappa shape index (κ2) is 13.9. The molecule has 4 rings (SSSR count). The SMILES string of the molecule is CC(C)(NC(=O)C(N)Cc1ccc(O)cc1)C(=O)NC(Cc1c[nH]c2ccccc12)C(=O)NC(Cc1ccccc1)C(=O)O. The van der Waals surface area contributed by atoms with E-state index < -0.39 is 47.4 Å². The smallest absolute Gasteiger partial charge is 0.326 e. The number of aromatic hydroxyl groups is 1. The average molecular weight is 600 g/mol. The van der Waals surface area contributed by atoms with Crippen LogP contribution in [0.25, 0.3) is 10.9 Å². The van der Waals surface area contributed by atoms with Crippen molar-refractivity contribution >= 4 is 34.6 Å². The minimum absolute atomic E-state index is 0.0517. The number of aromatic amines is 1. The van der Waals surface area contributed by atoms with Gasteiger partial charge < -0.3 is 36.9 Å². The number of amides is 3. The largest absolute Gasteiger partial charge is 0.508 e. The van der Waals surface area contributed by atoms with Crippen molar-refractivity contribution in [1.29, 1.82) is 0 Å². The molecule has 1 aromatic heterocycles. The van der Waals surface area contributed by atoms with Gasteiger partial charge in [0.05, 0.1) is 6.04 Å². The van der Waals surface area contributed by atoms with E-state index in [1.807, 2.05) is 30.3 Å². The summed E-state index contributed by atoms with van der Waals surface area (Å²) in [6.45, 7) is 2.98. The predicted octanol–water partition coefficient (Wildman–Crippen LogP) is 2.18. The highest BCUT2D eigenvalue weighted by molar-refractivity contribution is 5.96. The molecule has 3 unspecified atom stereocenters. The van der Waals surface area contributed by atoms with Gasteiger partial charge in [-0.3, -0.25) is 14.4 Å². The Morgan fingerprint density at radius 2 is 1.43 bits per heavy atom. The third-order valence-electron chi connectivity index (χ3n) is 7.35. The van der Waals surface area contributed by atoms with Gasteiger partial charge in [-0.15, -0.1) is 0 Å². The normalized spacial score (nSPS) is 13.4. The maximum atomic E-state index is 13.6. The first-order valence-electron chi connectivity index (χ1n) is 14.2. The van der Waals surface area contributed by atoms with E-state index in [0.29, 0.717) is 0 Å². The summed E-state index contributed by atoms with van der Waals surface area (Å²) in [5.41, 5.74) is 7.67. The number of carbonyl (C=O) groups is 4. The van der Waals surface area contributed by atoms with Gasteiger partial charge in [-0.2, -0.15) is 0 Å². The van der Waals surface area contributed by atoms with Gasteiger partial charge in [0.25, 0.3) is 0 Å². The van der Waals surface area contributed by atoms with Gasteiger partial charge in [-0.05, 0) is 55.2 Å². The van der Waals surface area contributed by atoms with E-state index in [1.54, 1.807) is 42.6 Å². The summed E-state index contributed by atoms with van der Waals surface area (Å²) in [6.07, 6.45) is 2.03. The highest BCUT2D eigenvalue weighted by atomic mass is 16.4. The fourth-order valence-electron chi connectivity index (χ4n) is 4.83. The number of aromatic nitrogens is 1. The van der Waals surface area contributed by atoms with E-state index in [9.17, 15) is 29.4 Å². The summed E-state index contributed by atoms with van der Waals surface area (Å²) < 4.78 is 0. The number of rotatable bonds is 13. The van der Waals surface area contributed by atoms with Crippen LogP contribution >= 0.6 is 0 Å². The molecule has 11 nitrogen and oxygen atoms in total. The summed E-state index contributed by atoms with van der Waals surface area (Å²) in [7, 11) is 0. The molecule has 44 heavy (non-hydrogen) atoms. The van der Waals surface area contributed by atoms with Crippen molar-refractivity contribution in [2.24, 2.45) is 5.73 Å². The van der Waals surface area contributed by atoms with Crippen molar-refractivity contribution < 1.29 is 29.4 Å². The van der Waals surface area contributed by atoms with Crippen molar-refractivity contribution in [1.82, 2.24) is 20.9 Å². The quantitative estimate of drug-likeness (QED) is 0.123. The molecule has 0 saturated carbocycles. The molecule has 0 bridgehead atoms. The lowest BCUT2D eigenvalue weighted by Crippen LogP contribution is -2.62. The van der Waals surface area contributed by atoms with Crippen LogP contribution in [0.2, 0.25) is 0 Å². The van der Waals surface area contributed by atoms with Gasteiger partial charge in [0.2, 0.25) is 17.7 Å². The number of nitrogens with one attached hydrogen (secondary N) is 4. The first kappa shape index (κ1) is 31.8. The number of carboxylic acids is 1. The molecule has 230 valence electrons. The maximum absolute atomic E-state index is 13.6. The Balaban J connectivity index is 1.50. The molecule has 0 radical (unpaired) electrons. The first-order chi connectivity index (χ1) is 20.9.